The molecule has 21 heavy (non-hydrogen) atoms. The molecule has 1 saturated heterocycles. The summed E-state index contributed by atoms with van der Waals surface area (Å²) in [5.41, 5.74) is -3.20. The van der Waals surface area contributed by atoms with Gasteiger partial charge in [-0.2, -0.15) is 13.2 Å². The molecule has 1 aliphatic rings. The van der Waals surface area contributed by atoms with Gasteiger partial charge in [0.1, 0.15) is 0 Å². The van der Waals surface area contributed by atoms with Gasteiger partial charge in [-0.25, -0.2) is 9.59 Å². The van der Waals surface area contributed by atoms with Crippen molar-refractivity contribution >= 4 is 12.0 Å². The Hall–Kier alpha value is -1.47. The molecule has 2 N–H and O–H groups in total. The number of piperidine rings is 1. The minimum absolute atomic E-state index is 0.0803. The molecule has 0 aromatic carbocycles. The van der Waals surface area contributed by atoms with Crippen molar-refractivity contribution in [1.82, 2.24) is 10.2 Å². The van der Waals surface area contributed by atoms with Gasteiger partial charge in [-0.05, 0) is 25.2 Å². The molecule has 0 saturated carbocycles. The topological polar surface area (TPSA) is 69.6 Å². The quantitative estimate of drug-likeness (QED) is 0.842. The number of nitrogens with one attached hydrogen (secondary N) is 1. The molecule has 0 aromatic heterocycles. The van der Waals surface area contributed by atoms with Gasteiger partial charge in [-0.3, -0.25) is 0 Å². The van der Waals surface area contributed by atoms with Crippen LogP contribution in [0.4, 0.5) is 18.0 Å². The normalized spacial score (nSPS) is 21.5. The maximum atomic E-state index is 12.8. The number of amides is 2. The predicted octanol–water partition coefficient (Wildman–Crippen LogP) is 2.61. The smallest absolute Gasteiger partial charge is 0.422 e. The van der Waals surface area contributed by atoms with Crippen molar-refractivity contribution in [2.75, 3.05) is 13.1 Å². The molecule has 1 fully saturated rings. The van der Waals surface area contributed by atoms with E-state index in [1.807, 2.05) is 6.92 Å². The first-order chi connectivity index (χ1) is 9.45. The number of alkyl halides is 3. The molecule has 1 atom stereocenters. The molecule has 5 nitrogen and oxygen atoms in total. The van der Waals surface area contributed by atoms with E-state index in [0.717, 1.165) is 6.42 Å². The zero-order valence-electron chi connectivity index (χ0n) is 12.4. The second-order valence-electron chi connectivity index (χ2n) is 6.01. The summed E-state index contributed by atoms with van der Waals surface area (Å²) in [4.78, 5) is 24.0. The number of carboxylic acid groups (broad SMARTS) is 1. The Labute approximate surface area is 121 Å². The number of aliphatic carboxylic acids is 1. The van der Waals surface area contributed by atoms with Crippen LogP contribution in [-0.2, 0) is 4.79 Å². The van der Waals surface area contributed by atoms with Gasteiger partial charge in [0, 0.05) is 13.1 Å². The minimum atomic E-state index is -5.07. The number of hydrogen-bond acceptors (Lipinski definition) is 2. The van der Waals surface area contributed by atoms with E-state index in [9.17, 15) is 22.8 Å². The highest BCUT2D eigenvalue weighted by Crippen LogP contribution is 2.35. The summed E-state index contributed by atoms with van der Waals surface area (Å²) in [6.07, 6.45) is -2.76. The number of likely N-dealkylation sites (tertiary alicyclic amines) is 1. The summed E-state index contributed by atoms with van der Waals surface area (Å²) >= 11 is 0. The molecule has 0 bridgehead atoms. The lowest BCUT2D eigenvalue weighted by molar-refractivity contribution is -0.203. The fraction of sp³-hybridized carbons (Fsp3) is 0.846. The van der Waals surface area contributed by atoms with Gasteiger partial charge in [0.05, 0.1) is 0 Å². The third kappa shape index (κ3) is 3.59. The predicted molar refractivity (Wildman–Crippen MR) is 69.8 cm³/mol. The van der Waals surface area contributed by atoms with Gasteiger partial charge < -0.3 is 15.3 Å². The van der Waals surface area contributed by atoms with Gasteiger partial charge in [0.2, 0.25) is 5.54 Å². The van der Waals surface area contributed by atoms with Crippen LogP contribution in [0.3, 0.4) is 0 Å². The van der Waals surface area contributed by atoms with Crippen molar-refractivity contribution in [3.63, 3.8) is 0 Å². The first-order valence-corrected chi connectivity index (χ1v) is 6.82. The van der Waals surface area contributed by atoms with Crippen molar-refractivity contribution in [1.29, 1.82) is 0 Å². The zero-order valence-corrected chi connectivity index (χ0v) is 12.4. The fourth-order valence-corrected chi connectivity index (χ4v) is 2.14. The molecule has 1 rings (SSSR count). The van der Waals surface area contributed by atoms with Gasteiger partial charge in [0.15, 0.2) is 0 Å². The molecule has 1 heterocycles. The van der Waals surface area contributed by atoms with Crippen LogP contribution in [0, 0.1) is 5.41 Å². The number of carbonyl (C=O) groups is 2. The summed E-state index contributed by atoms with van der Waals surface area (Å²) < 4.78 is 38.5. The van der Waals surface area contributed by atoms with Crippen molar-refractivity contribution in [2.24, 2.45) is 5.41 Å². The first-order valence-electron chi connectivity index (χ1n) is 6.82. The van der Waals surface area contributed by atoms with E-state index in [1.165, 1.54) is 4.90 Å². The molecule has 0 radical (unpaired) electrons. The largest absolute Gasteiger partial charge is 0.479 e. The first kappa shape index (κ1) is 17.6. The summed E-state index contributed by atoms with van der Waals surface area (Å²) in [5.74, 6) is -2.13. The second kappa shape index (κ2) is 5.73. The highest BCUT2D eigenvalue weighted by molar-refractivity contribution is 5.86. The Kier molecular flexibility index (Phi) is 4.80. The molecule has 1 unspecified atom stereocenters. The van der Waals surface area contributed by atoms with Crippen molar-refractivity contribution in [2.45, 2.75) is 51.7 Å². The van der Waals surface area contributed by atoms with Gasteiger partial charge >= 0.3 is 18.2 Å². The van der Waals surface area contributed by atoms with Crippen LogP contribution in [0.1, 0.15) is 40.0 Å². The molecule has 8 heteroatoms. The summed E-state index contributed by atoms with van der Waals surface area (Å²) in [6, 6.07) is -0.990. The van der Waals surface area contributed by atoms with E-state index in [1.54, 1.807) is 5.32 Å². The molecular formula is C13H21F3N2O3. The molecule has 1 aliphatic heterocycles. The third-order valence-corrected chi connectivity index (χ3v) is 4.46. The number of halogens is 3. The van der Waals surface area contributed by atoms with Crippen molar-refractivity contribution in [3.8, 4) is 0 Å². The van der Waals surface area contributed by atoms with Crippen LogP contribution in [0.2, 0.25) is 0 Å². The van der Waals surface area contributed by atoms with Crippen molar-refractivity contribution < 1.29 is 27.9 Å². The van der Waals surface area contributed by atoms with Crippen molar-refractivity contribution in [3.05, 3.63) is 0 Å². The lowest BCUT2D eigenvalue weighted by atomic mass is 9.78. The SMILES string of the molecule is CCC1(C)CCN(C(=O)NC(C)(C(=O)O)C(F)(F)F)CC1. The van der Waals surface area contributed by atoms with Crippen LogP contribution >= 0.6 is 0 Å². The molecule has 0 aliphatic carbocycles. The van der Waals surface area contributed by atoms with Gasteiger partial charge in [-0.1, -0.05) is 20.3 Å². The summed E-state index contributed by atoms with van der Waals surface area (Å²) in [5, 5.41) is 10.4. The molecule has 122 valence electrons. The molecular weight excluding hydrogens is 289 g/mol. The lowest BCUT2D eigenvalue weighted by Crippen LogP contribution is -2.64. The third-order valence-electron chi connectivity index (χ3n) is 4.46. The molecule has 0 aromatic rings. The van der Waals surface area contributed by atoms with Gasteiger partial charge in [-0.15, -0.1) is 0 Å². The van der Waals surface area contributed by atoms with Crippen LogP contribution in [0.25, 0.3) is 0 Å². The minimum Gasteiger partial charge on any atom is -0.479 e. The zero-order chi connectivity index (χ0) is 16.5. The summed E-state index contributed by atoms with van der Waals surface area (Å²) in [6.45, 7) is 5.20. The van der Waals surface area contributed by atoms with Gasteiger partial charge in [0.25, 0.3) is 0 Å². The Morgan fingerprint density at radius 3 is 2.10 bits per heavy atom. The number of urea groups is 1. The van der Waals surface area contributed by atoms with E-state index in [-0.39, 0.29) is 5.41 Å². The number of rotatable bonds is 3. The highest BCUT2D eigenvalue weighted by atomic mass is 19.4. The number of carbonyl (C=O) groups excluding carboxylic acids is 1. The van der Waals surface area contributed by atoms with E-state index < -0.39 is 23.7 Å². The fourth-order valence-electron chi connectivity index (χ4n) is 2.14. The molecule has 0 spiro atoms. The maximum Gasteiger partial charge on any atom is 0.422 e. The summed E-state index contributed by atoms with van der Waals surface area (Å²) in [7, 11) is 0. The average Bonchev–Trinajstić information content (AvgIpc) is 2.37. The van der Waals surface area contributed by atoms with E-state index in [4.69, 9.17) is 5.11 Å². The Morgan fingerprint density at radius 1 is 1.29 bits per heavy atom. The second-order valence-corrected chi connectivity index (χ2v) is 6.01. The highest BCUT2D eigenvalue weighted by Gasteiger charge is 2.59. The number of carboxylic acids is 1. The Balaban J connectivity index is 2.75. The standard InChI is InChI=1S/C13H21F3N2O3/c1-4-11(2)5-7-18(8-6-11)10(21)17-12(3,9(19)20)13(14,15)16/h4-8H2,1-3H3,(H,17,21)(H,19,20). The van der Waals surface area contributed by atoms with E-state index >= 15 is 0 Å². The Bertz CT molecular complexity index is 417. The lowest BCUT2D eigenvalue weighted by Gasteiger charge is -2.40. The maximum absolute atomic E-state index is 12.8. The molecule has 2 amide bonds. The Morgan fingerprint density at radius 2 is 1.76 bits per heavy atom. The average molecular weight is 310 g/mol. The van der Waals surface area contributed by atoms with Crippen LogP contribution < -0.4 is 5.32 Å². The van der Waals surface area contributed by atoms with E-state index in [0.29, 0.717) is 32.9 Å². The van der Waals surface area contributed by atoms with Crippen LogP contribution in [0.5, 0.6) is 0 Å². The van der Waals surface area contributed by atoms with Crippen LogP contribution in [0.15, 0.2) is 0 Å². The number of nitrogens with zero attached hydrogens (tertiary/aromatic N) is 1. The van der Waals surface area contributed by atoms with Crippen LogP contribution in [-0.4, -0.2) is 46.8 Å². The number of hydrogen-bond donors (Lipinski definition) is 2. The monoisotopic (exact) mass is 310 g/mol. The van der Waals surface area contributed by atoms with E-state index in [2.05, 4.69) is 6.92 Å².